The third kappa shape index (κ3) is 7.52. The van der Waals surface area contributed by atoms with Gasteiger partial charge in [0.15, 0.2) is 0 Å². The van der Waals surface area contributed by atoms with Crippen LogP contribution in [0.2, 0.25) is 6.32 Å². The van der Waals surface area contributed by atoms with Gasteiger partial charge in [0.25, 0.3) is 22.1 Å². The highest BCUT2D eigenvalue weighted by atomic mass is 32.2. The van der Waals surface area contributed by atoms with E-state index in [-0.39, 0.29) is 50.4 Å². The third-order valence-electron chi connectivity index (χ3n) is 8.75. The third-order valence-corrected chi connectivity index (χ3v) is 10.3. The van der Waals surface area contributed by atoms with Crippen LogP contribution in [0.5, 0.6) is 0 Å². The van der Waals surface area contributed by atoms with Gasteiger partial charge in [0.2, 0.25) is 0 Å². The summed E-state index contributed by atoms with van der Waals surface area (Å²) in [4.78, 5) is 29.9. The van der Waals surface area contributed by atoms with Crippen LogP contribution >= 0.6 is 0 Å². The van der Waals surface area contributed by atoms with Crippen molar-refractivity contribution < 1.29 is 47.4 Å². The maximum atomic E-state index is 12.5. The van der Waals surface area contributed by atoms with Gasteiger partial charge in [-0.05, 0) is 49.8 Å². The number of carboxylic acid groups (broad SMARTS) is 3. The Kier molecular flexibility index (Phi) is 11.2. The van der Waals surface area contributed by atoms with Crippen molar-refractivity contribution in [2.75, 3.05) is 26.2 Å². The summed E-state index contributed by atoms with van der Waals surface area (Å²) in [5.41, 5.74) is 9.97. The van der Waals surface area contributed by atoms with E-state index in [0.29, 0.717) is 31.0 Å². The van der Waals surface area contributed by atoms with E-state index in [0.717, 1.165) is 24.6 Å². The summed E-state index contributed by atoms with van der Waals surface area (Å²) in [6, 6.07) is 0. The van der Waals surface area contributed by atoms with E-state index in [4.69, 9.17) is 40.6 Å². The number of carbonyl (C=O) groups is 3. The van der Waals surface area contributed by atoms with Crippen LogP contribution in [0.1, 0.15) is 60.3 Å². The van der Waals surface area contributed by atoms with Crippen LogP contribution in [-0.2, 0) is 33.9 Å². The highest BCUT2D eigenvalue weighted by molar-refractivity contribution is 7.87. The standard InChI is InChI=1S/C20H37BN4O6S.2C2H4O2/c1-18(2)14-9-15(18)19(3)16(10-14)30-21(31-19)6-4-5-13-11-25(12-20(13,23)17(26)27)32(28,29)24-8-7-22;2*1-2(3)4/h13-16,24H,4-12,22-23H2,1-3H3,(H,26,27);2*1H3,(H,3,4)/t13-,14+,15+,16-,19+,20-;;/m0../s1. The highest BCUT2D eigenvalue weighted by Gasteiger charge is 2.67. The second kappa shape index (κ2) is 13.0. The van der Waals surface area contributed by atoms with E-state index < -0.39 is 39.6 Å². The van der Waals surface area contributed by atoms with E-state index in [1.54, 1.807) is 0 Å². The molecular weight excluding hydrogens is 547 g/mol. The van der Waals surface area contributed by atoms with E-state index in [1.165, 1.54) is 6.42 Å². The van der Waals surface area contributed by atoms with Gasteiger partial charge in [-0.3, -0.25) is 14.4 Å². The molecule has 2 bridgehead atoms. The maximum Gasteiger partial charge on any atom is 0.457 e. The van der Waals surface area contributed by atoms with Crippen molar-refractivity contribution in [2.24, 2.45) is 34.6 Å². The van der Waals surface area contributed by atoms with Crippen molar-refractivity contribution in [3.05, 3.63) is 0 Å². The van der Waals surface area contributed by atoms with Crippen LogP contribution in [0.3, 0.4) is 0 Å². The van der Waals surface area contributed by atoms with Gasteiger partial charge in [0.05, 0.1) is 11.7 Å². The zero-order valence-electron chi connectivity index (χ0n) is 24.0. The predicted octanol–water partition coefficient (Wildman–Crippen LogP) is 0.184. The number of nitrogens with one attached hydrogen (secondary N) is 1. The lowest BCUT2D eigenvalue weighted by atomic mass is 9.43. The number of aliphatic carboxylic acids is 3. The molecule has 0 amide bonds. The summed E-state index contributed by atoms with van der Waals surface area (Å²) in [5.74, 6) is -2.18. The Morgan fingerprint density at radius 2 is 1.68 bits per heavy atom. The average molecular weight is 593 g/mol. The van der Waals surface area contributed by atoms with Crippen molar-refractivity contribution >= 4 is 35.2 Å². The number of nitrogens with zero attached hydrogens (tertiary/aromatic N) is 1. The molecule has 5 fully saturated rings. The maximum absolute atomic E-state index is 12.5. The second-order valence-corrected chi connectivity index (χ2v) is 13.6. The molecule has 0 unspecified atom stereocenters. The fraction of sp³-hybridized carbons (Fsp3) is 0.875. The lowest BCUT2D eigenvalue weighted by Crippen LogP contribution is -2.65. The molecule has 6 atom stereocenters. The molecule has 2 aliphatic heterocycles. The fourth-order valence-corrected chi connectivity index (χ4v) is 7.87. The number of hydrogen-bond acceptors (Lipinski definition) is 9. The molecule has 2 saturated heterocycles. The molecule has 40 heavy (non-hydrogen) atoms. The minimum atomic E-state index is -3.82. The summed E-state index contributed by atoms with van der Waals surface area (Å²) in [7, 11) is -4.14. The molecule has 14 nitrogen and oxygen atoms in total. The van der Waals surface area contributed by atoms with Crippen LogP contribution < -0.4 is 16.2 Å². The Hall–Kier alpha value is -1.82. The molecule has 0 aromatic carbocycles. The zero-order valence-corrected chi connectivity index (χ0v) is 24.8. The molecule has 230 valence electrons. The predicted molar refractivity (Wildman–Crippen MR) is 146 cm³/mol. The number of nitrogens with two attached hydrogens (primary N) is 2. The molecule has 8 N–H and O–H groups in total. The molecule has 0 spiro atoms. The van der Waals surface area contributed by atoms with Gasteiger partial charge in [-0.1, -0.05) is 20.3 Å². The van der Waals surface area contributed by atoms with Gasteiger partial charge in [0, 0.05) is 45.9 Å². The molecule has 5 rings (SSSR count). The van der Waals surface area contributed by atoms with Gasteiger partial charge in [0.1, 0.15) is 5.54 Å². The molecule has 0 radical (unpaired) electrons. The quantitative estimate of drug-likeness (QED) is 0.197. The molecular formula is C24H45BN4O10S. The van der Waals surface area contributed by atoms with Crippen LogP contribution in [-0.4, -0.2) is 96.5 Å². The summed E-state index contributed by atoms with van der Waals surface area (Å²) < 4.78 is 41.1. The summed E-state index contributed by atoms with van der Waals surface area (Å²) in [5, 5.41) is 24.6. The van der Waals surface area contributed by atoms with Crippen LogP contribution in [0, 0.1) is 23.2 Å². The van der Waals surface area contributed by atoms with Crippen molar-refractivity contribution in [3.63, 3.8) is 0 Å². The van der Waals surface area contributed by atoms with Crippen molar-refractivity contribution in [2.45, 2.75) is 83.9 Å². The van der Waals surface area contributed by atoms with Crippen molar-refractivity contribution in [1.82, 2.24) is 9.03 Å². The van der Waals surface area contributed by atoms with Crippen LogP contribution in [0.4, 0.5) is 0 Å². The molecule has 0 aromatic heterocycles. The normalized spacial score (nSPS) is 33.9. The van der Waals surface area contributed by atoms with E-state index in [1.807, 2.05) is 0 Å². The average Bonchev–Trinajstić information content (AvgIpc) is 3.34. The molecule has 5 aliphatic rings. The molecule has 3 saturated carbocycles. The number of rotatable bonds is 9. The van der Waals surface area contributed by atoms with Gasteiger partial charge >= 0.3 is 13.1 Å². The van der Waals surface area contributed by atoms with Crippen LogP contribution in [0.15, 0.2) is 0 Å². The first-order chi connectivity index (χ1) is 18.3. The van der Waals surface area contributed by atoms with E-state index >= 15 is 0 Å². The minimum Gasteiger partial charge on any atom is -0.481 e. The molecule has 0 aromatic rings. The summed E-state index contributed by atoms with van der Waals surface area (Å²) >= 11 is 0. The lowest BCUT2D eigenvalue weighted by molar-refractivity contribution is -0.199. The first kappa shape index (κ1) is 34.4. The Labute approximate surface area is 236 Å². The Morgan fingerprint density at radius 3 is 2.17 bits per heavy atom. The van der Waals surface area contributed by atoms with Gasteiger partial charge < -0.3 is 36.1 Å². The largest absolute Gasteiger partial charge is 0.481 e. The minimum absolute atomic E-state index is 0.0629. The lowest BCUT2D eigenvalue weighted by Gasteiger charge is -2.64. The Morgan fingerprint density at radius 1 is 1.10 bits per heavy atom. The van der Waals surface area contributed by atoms with Crippen molar-refractivity contribution in [1.29, 1.82) is 0 Å². The highest BCUT2D eigenvalue weighted by Crippen LogP contribution is 2.65. The first-order valence-electron chi connectivity index (χ1n) is 13.5. The number of hydrogen-bond donors (Lipinski definition) is 6. The Balaban J connectivity index is 0.000000621. The Bertz CT molecular complexity index is 1030. The van der Waals surface area contributed by atoms with Crippen molar-refractivity contribution in [3.8, 4) is 0 Å². The second-order valence-electron chi connectivity index (χ2n) is 11.9. The topological polar surface area (TPSA) is 232 Å². The van der Waals surface area contributed by atoms with Gasteiger partial charge in [-0.15, -0.1) is 0 Å². The summed E-state index contributed by atoms with van der Waals surface area (Å²) in [6.07, 6.45) is 4.08. The summed E-state index contributed by atoms with van der Waals surface area (Å²) in [6.45, 7) is 9.02. The van der Waals surface area contributed by atoms with Gasteiger partial charge in [-0.25, -0.2) is 4.72 Å². The monoisotopic (exact) mass is 592 g/mol. The first-order valence-corrected chi connectivity index (χ1v) is 14.9. The zero-order chi connectivity index (χ0) is 30.7. The molecule has 2 heterocycles. The fourth-order valence-electron chi connectivity index (χ4n) is 6.55. The SMILES string of the molecule is CC(=O)O.CC(=O)O.CC1(C)[C@H]2C[C@@H]3OB(CCC[C@H]4CN(S(=O)(=O)NCCN)C[C@@]4(N)C(=O)O)O[C@]3(C)[C@@H]1C2. The van der Waals surface area contributed by atoms with Gasteiger partial charge in [-0.2, -0.15) is 12.7 Å². The van der Waals surface area contributed by atoms with E-state index in [9.17, 15) is 18.3 Å². The molecule has 3 aliphatic carbocycles. The molecule has 16 heteroatoms. The van der Waals surface area contributed by atoms with Crippen LogP contribution in [0.25, 0.3) is 0 Å². The smallest absolute Gasteiger partial charge is 0.457 e. The number of carboxylic acids is 3. The van der Waals surface area contributed by atoms with E-state index in [2.05, 4.69) is 25.5 Å².